The molecular weight excluding hydrogens is 276 g/mol. The molecular formula is C18H34N2O2. The number of carbonyl (C=O) groups is 1. The molecule has 0 aromatic heterocycles. The molecule has 0 aromatic rings. The summed E-state index contributed by atoms with van der Waals surface area (Å²) in [6.07, 6.45) is 8.65. The molecule has 4 heteroatoms. The molecule has 0 aromatic carbocycles. The molecule has 2 rings (SSSR count). The topological polar surface area (TPSA) is 41.6 Å². The normalized spacial score (nSPS) is 24.6. The Kier molecular flexibility index (Phi) is 7.67. The van der Waals surface area contributed by atoms with Crippen molar-refractivity contribution in [3.63, 3.8) is 0 Å². The molecule has 1 saturated heterocycles. The largest absolute Gasteiger partial charge is 0.374 e. The van der Waals surface area contributed by atoms with Crippen LogP contribution in [0, 0.1) is 11.8 Å². The van der Waals surface area contributed by atoms with Gasteiger partial charge >= 0.3 is 0 Å². The van der Waals surface area contributed by atoms with E-state index >= 15 is 0 Å². The molecule has 1 aliphatic heterocycles. The third kappa shape index (κ3) is 6.66. The second-order valence-electron chi connectivity index (χ2n) is 7.49. The molecule has 2 aliphatic rings. The van der Waals surface area contributed by atoms with Gasteiger partial charge in [0.25, 0.3) is 0 Å². The summed E-state index contributed by atoms with van der Waals surface area (Å²) in [7, 11) is 0. The van der Waals surface area contributed by atoms with Gasteiger partial charge in [-0.1, -0.05) is 46.0 Å². The number of nitrogens with zero attached hydrogens (tertiary/aromatic N) is 1. The maximum Gasteiger partial charge on any atom is 0.220 e. The number of hydrogen-bond acceptors (Lipinski definition) is 3. The highest BCUT2D eigenvalue weighted by atomic mass is 16.5. The quantitative estimate of drug-likeness (QED) is 0.786. The van der Waals surface area contributed by atoms with E-state index < -0.39 is 0 Å². The predicted octanol–water partition coefficient (Wildman–Crippen LogP) is 2.82. The third-order valence-corrected chi connectivity index (χ3v) is 4.88. The second-order valence-corrected chi connectivity index (χ2v) is 7.49. The fraction of sp³-hybridized carbons (Fsp3) is 0.944. The van der Waals surface area contributed by atoms with Gasteiger partial charge in [-0.2, -0.15) is 0 Å². The van der Waals surface area contributed by atoms with Gasteiger partial charge in [-0.15, -0.1) is 0 Å². The SMILES string of the molecule is CC(C)CN1CCOC(CNC(=O)CCC2CCCCC2)C1. The van der Waals surface area contributed by atoms with E-state index in [0.29, 0.717) is 18.9 Å². The van der Waals surface area contributed by atoms with Crippen LogP contribution in [0.3, 0.4) is 0 Å². The Hall–Kier alpha value is -0.610. The highest BCUT2D eigenvalue weighted by Gasteiger charge is 2.21. The molecule has 1 amide bonds. The third-order valence-electron chi connectivity index (χ3n) is 4.88. The summed E-state index contributed by atoms with van der Waals surface area (Å²) in [5.41, 5.74) is 0. The van der Waals surface area contributed by atoms with Crippen LogP contribution in [-0.4, -0.2) is 49.7 Å². The highest BCUT2D eigenvalue weighted by Crippen LogP contribution is 2.27. The van der Waals surface area contributed by atoms with Gasteiger partial charge in [-0.05, 0) is 18.3 Å². The van der Waals surface area contributed by atoms with Crippen molar-refractivity contribution in [3.05, 3.63) is 0 Å². The second kappa shape index (κ2) is 9.51. The maximum absolute atomic E-state index is 12.0. The van der Waals surface area contributed by atoms with E-state index in [-0.39, 0.29) is 12.0 Å². The van der Waals surface area contributed by atoms with Crippen LogP contribution in [-0.2, 0) is 9.53 Å². The van der Waals surface area contributed by atoms with Gasteiger partial charge in [0.1, 0.15) is 0 Å². The van der Waals surface area contributed by atoms with Crippen LogP contribution in [0.2, 0.25) is 0 Å². The van der Waals surface area contributed by atoms with Crippen LogP contribution < -0.4 is 5.32 Å². The Morgan fingerprint density at radius 3 is 2.77 bits per heavy atom. The Labute approximate surface area is 136 Å². The van der Waals surface area contributed by atoms with E-state index in [4.69, 9.17) is 4.74 Å². The zero-order chi connectivity index (χ0) is 15.8. The van der Waals surface area contributed by atoms with Crippen molar-refractivity contribution in [2.24, 2.45) is 11.8 Å². The predicted molar refractivity (Wildman–Crippen MR) is 89.8 cm³/mol. The fourth-order valence-corrected chi connectivity index (χ4v) is 3.71. The van der Waals surface area contributed by atoms with Crippen molar-refractivity contribution in [3.8, 4) is 0 Å². The van der Waals surface area contributed by atoms with Crippen molar-refractivity contribution in [2.75, 3.05) is 32.8 Å². The van der Waals surface area contributed by atoms with Gasteiger partial charge in [0.15, 0.2) is 0 Å². The summed E-state index contributed by atoms with van der Waals surface area (Å²) in [5.74, 6) is 1.67. The number of hydrogen-bond donors (Lipinski definition) is 1. The summed E-state index contributed by atoms with van der Waals surface area (Å²) in [6.45, 7) is 9.03. The van der Waals surface area contributed by atoms with E-state index in [9.17, 15) is 4.79 Å². The molecule has 22 heavy (non-hydrogen) atoms. The number of rotatable bonds is 7. The Morgan fingerprint density at radius 1 is 1.27 bits per heavy atom. The summed E-state index contributed by atoms with van der Waals surface area (Å²) in [5, 5.41) is 3.08. The van der Waals surface area contributed by atoms with Crippen LogP contribution in [0.1, 0.15) is 58.8 Å². The minimum absolute atomic E-state index is 0.158. The molecule has 1 atom stereocenters. The molecule has 128 valence electrons. The van der Waals surface area contributed by atoms with Gasteiger partial charge in [-0.3, -0.25) is 9.69 Å². The number of amides is 1. The van der Waals surface area contributed by atoms with Crippen LogP contribution in [0.5, 0.6) is 0 Å². The van der Waals surface area contributed by atoms with E-state index in [1.807, 2.05) is 0 Å². The minimum atomic E-state index is 0.158. The Morgan fingerprint density at radius 2 is 2.05 bits per heavy atom. The van der Waals surface area contributed by atoms with Gasteiger partial charge in [0.2, 0.25) is 5.91 Å². The summed E-state index contributed by atoms with van der Waals surface area (Å²) < 4.78 is 5.78. The number of carbonyl (C=O) groups excluding carboxylic acids is 1. The van der Waals surface area contributed by atoms with Crippen molar-refractivity contribution >= 4 is 5.91 Å². The zero-order valence-electron chi connectivity index (χ0n) is 14.5. The smallest absolute Gasteiger partial charge is 0.220 e. The standard InChI is InChI=1S/C18H34N2O2/c1-15(2)13-20-10-11-22-17(14-20)12-19-18(21)9-8-16-6-4-3-5-7-16/h15-17H,3-14H2,1-2H3,(H,19,21). The first-order chi connectivity index (χ1) is 10.6. The first kappa shape index (κ1) is 17.7. The molecule has 0 radical (unpaired) electrons. The van der Waals surface area contributed by atoms with Gasteiger partial charge in [-0.25, -0.2) is 0 Å². The molecule has 4 nitrogen and oxygen atoms in total. The van der Waals surface area contributed by atoms with E-state index in [2.05, 4.69) is 24.1 Å². The van der Waals surface area contributed by atoms with Crippen molar-refractivity contribution in [2.45, 2.75) is 64.9 Å². The fourth-order valence-electron chi connectivity index (χ4n) is 3.71. The Bertz CT molecular complexity index is 327. The number of morpholine rings is 1. The summed E-state index contributed by atoms with van der Waals surface area (Å²) >= 11 is 0. The lowest BCUT2D eigenvalue weighted by molar-refractivity contribution is -0.122. The first-order valence-electron chi connectivity index (χ1n) is 9.24. The zero-order valence-corrected chi connectivity index (χ0v) is 14.5. The van der Waals surface area contributed by atoms with Crippen LogP contribution in [0.25, 0.3) is 0 Å². The van der Waals surface area contributed by atoms with Crippen LogP contribution >= 0.6 is 0 Å². The Balaban J connectivity index is 1.58. The molecule has 1 heterocycles. The molecule has 0 bridgehead atoms. The van der Waals surface area contributed by atoms with Crippen LogP contribution in [0.4, 0.5) is 0 Å². The lowest BCUT2D eigenvalue weighted by Gasteiger charge is -2.34. The lowest BCUT2D eigenvalue weighted by atomic mass is 9.86. The molecule has 1 saturated carbocycles. The van der Waals surface area contributed by atoms with E-state index in [1.165, 1.54) is 32.1 Å². The van der Waals surface area contributed by atoms with E-state index in [1.54, 1.807) is 0 Å². The average molecular weight is 310 g/mol. The van der Waals surface area contributed by atoms with Crippen LogP contribution in [0.15, 0.2) is 0 Å². The molecule has 1 unspecified atom stereocenters. The maximum atomic E-state index is 12.0. The summed E-state index contributed by atoms with van der Waals surface area (Å²) in [6, 6.07) is 0. The van der Waals surface area contributed by atoms with Crippen molar-refractivity contribution in [1.82, 2.24) is 10.2 Å². The first-order valence-corrected chi connectivity index (χ1v) is 9.24. The lowest BCUT2D eigenvalue weighted by Crippen LogP contribution is -2.48. The minimum Gasteiger partial charge on any atom is -0.374 e. The monoisotopic (exact) mass is 310 g/mol. The molecule has 2 fully saturated rings. The number of ether oxygens (including phenoxy) is 1. The average Bonchev–Trinajstić information content (AvgIpc) is 2.52. The van der Waals surface area contributed by atoms with Crippen molar-refractivity contribution in [1.29, 1.82) is 0 Å². The highest BCUT2D eigenvalue weighted by molar-refractivity contribution is 5.75. The molecule has 0 spiro atoms. The van der Waals surface area contributed by atoms with E-state index in [0.717, 1.165) is 38.6 Å². The van der Waals surface area contributed by atoms with Gasteiger partial charge < -0.3 is 10.1 Å². The number of nitrogens with one attached hydrogen (secondary N) is 1. The van der Waals surface area contributed by atoms with Crippen molar-refractivity contribution < 1.29 is 9.53 Å². The summed E-state index contributed by atoms with van der Waals surface area (Å²) in [4.78, 5) is 14.5. The molecule has 1 N–H and O–H groups in total. The van der Waals surface area contributed by atoms with Gasteiger partial charge in [0.05, 0.1) is 12.7 Å². The molecule has 1 aliphatic carbocycles. The van der Waals surface area contributed by atoms with Gasteiger partial charge in [0, 0.05) is 32.6 Å².